The number of aromatic nitrogens is 1. The summed E-state index contributed by atoms with van der Waals surface area (Å²) in [6.45, 7) is 6.25. The molecule has 0 saturated heterocycles. The van der Waals surface area contributed by atoms with Crippen molar-refractivity contribution in [1.82, 2.24) is 4.98 Å². The number of hydrogen-bond donors (Lipinski definition) is 1. The molecule has 2 aromatic carbocycles. The molecule has 0 atom stereocenters. The molecule has 168 valence electrons. The first-order valence-corrected chi connectivity index (χ1v) is 10.7. The summed E-state index contributed by atoms with van der Waals surface area (Å²) < 4.78 is 17.3. The van der Waals surface area contributed by atoms with Crippen molar-refractivity contribution >= 4 is 28.3 Å². The summed E-state index contributed by atoms with van der Waals surface area (Å²) in [6.07, 6.45) is 4.94. The van der Waals surface area contributed by atoms with Crippen molar-refractivity contribution in [3.8, 4) is 22.6 Å². The smallest absolute Gasteiger partial charge is 0.249 e. The molecule has 6 nitrogen and oxygen atoms in total. The number of fused-ring (bicyclic) bond motifs is 1. The topological polar surface area (TPSA) is 73.6 Å². The van der Waals surface area contributed by atoms with Gasteiger partial charge in [-0.3, -0.25) is 4.79 Å². The van der Waals surface area contributed by atoms with E-state index in [2.05, 4.69) is 10.3 Å². The van der Waals surface area contributed by atoms with Gasteiger partial charge in [0.1, 0.15) is 22.9 Å². The van der Waals surface area contributed by atoms with Crippen LogP contribution in [0.1, 0.15) is 25.0 Å². The van der Waals surface area contributed by atoms with Gasteiger partial charge in [0, 0.05) is 40.4 Å². The molecule has 0 radical (unpaired) electrons. The zero-order chi connectivity index (χ0) is 23.4. The van der Waals surface area contributed by atoms with Crippen LogP contribution in [0.3, 0.4) is 0 Å². The van der Waals surface area contributed by atoms with Gasteiger partial charge in [-0.25, -0.2) is 4.98 Å². The van der Waals surface area contributed by atoms with E-state index in [9.17, 15) is 4.79 Å². The Kier molecular flexibility index (Phi) is 6.45. The Hall–Kier alpha value is -4.06. The lowest BCUT2D eigenvalue weighted by Gasteiger charge is -2.12. The van der Waals surface area contributed by atoms with Crippen LogP contribution in [0.25, 0.3) is 27.7 Å². The van der Waals surface area contributed by atoms with Gasteiger partial charge in [0.05, 0.1) is 20.0 Å². The van der Waals surface area contributed by atoms with E-state index in [-0.39, 0.29) is 5.91 Å². The molecule has 6 heteroatoms. The lowest BCUT2D eigenvalue weighted by molar-refractivity contribution is -0.111. The minimum absolute atomic E-state index is 0.259. The number of nitrogens with one attached hydrogen (secondary N) is 1. The number of amides is 1. The second-order valence-corrected chi connectivity index (χ2v) is 7.66. The Labute approximate surface area is 192 Å². The second-order valence-electron chi connectivity index (χ2n) is 7.66. The first-order valence-electron chi connectivity index (χ1n) is 10.7. The number of furan rings is 1. The number of hydrogen-bond acceptors (Lipinski definition) is 5. The highest BCUT2D eigenvalue weighted by Crippen LogP contribution is 2.40. The number of benzene rings is 2. The maximum absolute atomic E-state index is 12.7. The summed E-state index contributed by atoms with van der Waals surface area (Å²) >= 11 is 0. The van der Waals surface area contributed by atoms with Crippen molar-refractivity contribution in [2.24, 2.45) is 0 Å². The zero-order valence-electron chi connectivity index (χ0n) is 19.1. The average molecular weight is 443 g/mol. The number of methoxy groups -OCH3 is 1. The standard InChI is InChI=1S/C27H26N2O4/c1-5-32-24-15-25-21(22(16-33-25)19-8-6-7-9-23(19)31-4)14-20(24)18(3)13-27(30)29-26-12-17(2)10-11-28-26/h6-16H,5H2,1-4H3,(H,28,29,30)/b18-13+. The van der Waals surface area contributed by atoms with Crippen molar-refractivity contribution in [2.75, 3.05) is 19.0 Å². The molecule has 0 aliphatic heterocycles. The lowest BCUT2D eigenvalue weighted by atomic mass is 9.98. The van der Waals surface area contributed by atoms with Crippen molar-refractivity contribution < 1.29 is 18.7 Å². The molecule has 0 fully saturated rings. The van der Waals surface area contributed by atoms with Gasteiger partial charge < -0.3 is 19.2 Å². The monoisotopic (exact) mass is 442 g/mol. The van der Waals surface area contributed by atoms with Crippen molar-refractivity contribution in [3.63, 3.8) is 0 Å². The highest BCUT2D eigenvalue weighted by molar-refractivity contribution is 6.05. The number of nitrogens with zero attached hydrogens (tertiary/aromatic N) is 1. The molecular formula is C27H26N2O4. The minimum atomic E-state index is -0.259. The molecule has 0 aliphatic carbocycles. The molecule has 2 aromatic heterocycles. The summed E-state index contributed by atoms with van der Waals surface area (Å²) in [5.74, 6) is 1.66. The molecule has 0 saturated carbocycles. The summed E-state index contributed by atoms with van der Waals surface area (Å²) in [7, 11) is 1.65. The van der Waals surface area contributed by atoms with Gasteiger partial charge in [0.15, 0.2) is 0 Å². The number of ether oxygens (including phenoxy) is 2. The van der Waals surface area contributed by atoms with Gasteiger partial charge in [-0.05, 0) is 56.2 Å². The van der Waals surface area contributed by atoms with Crippen LogP contribution >= 0.6 is 0 Å². The molecule has 0 unspecified atom stereocenters. The zero-order valence-corrected chi connectivity index (χ0v) is 19.1. The van der Waals surface area contributed by atoms with Crippen LogP contribution in [0, 0.1) is 6.92 Å². The van der Waals surface area contributed by atoms with E-state index < -0.39 is 0 Å². The van der Waals surface area contributed by atoms with E-state index in [4.69, 9.17) is 13.9 Å². The number of anilines is 1. The van der Waals surface area contributed by atoms with Crippen LogP contribution in [0.2, 0.25) is 0 Å². The number of carbonyl (C=O) groups is 1. The van der Waals surface area contributed by atoms with Crippen LogP contribution in [-0.4, -0.2) is 24.6 Å². The van der Waals surface area contributed by atoms with Crippen LogP contribution in [0.15, 0.2) is 71.5 Å². The van der Waals surface area contributed by atoms with Crippen molar-refractivity contribution in [1.29, 1.82) is 0 Å². The Balaban J connectivity index is 1.75. The number of allylic oxidation sites excluding steroid dienone is 1. The van der Waals surface area contributed by atoms with Crippen LogP contribution in [0.4, 0.5) is 5.82 Å². The fourth-order valence-electron chi connectivity index (χ4n) is 3.76. The van der Waals surface area contributed by atoms with Gasteiger partial charge in [0.25, 0.3) is 0 Å². The van der Waals surface area contributed by atoms with E-state index >= 15 is 0 Å². The van der Waals surface area contributed by atoms with E-state index in [1.165, 1.54) is 0 Å². The largest absolute Gasteiger partial charge is 0.496 e. The fraction of sp³-hybridized carbons (Fsp3) is 0.185. The number of pyridine rings is 1. The third kappa shape index (κ3) is 4.75. The Bertz CT molecular complexity index is 1340. The Morgan fingerprint density at radius 2 is 1.94 bits per heavy atom. The molecule has 0 spiro atoms. The van der Waals surface area contributed by atoms with Gasteiger partial charge in [0.2, 0.25) is 5.91 Å². The molecular weight excluding hydrogens is 416 g/mol. The number of rotatable bonds is 7. The highest BCUT2D eigenvalue weighted by atomic mass is 16.5. The lowest BCUT2D eigenvalue weighted by Crippen LogP contribution is -2.10. The molecule has 0 bridgehead atoms. The number of aryl methyl sites for hydroxylation is 1. The van der Waals surface area contributed by atoms with Crippen LogP contribution in [-0.2, 0) is 4.79 Å². The predicted molar refractivity (Wildman–Crippen MR) is 131 cm³/mol. The summed E-state index contributed by atoms with van der Waals surface area (Å²) in [6, 6.07) is 15.4. The maximum atomic E-state index is 12.7. The second kappa shape index (κ2) is 9.61. The summed E-state index contributed by atoms with van der Waals surface area (Å²) in [4.78, 5) is 16.9. The Morgan fingerprint density at radius 3 is 2.70 bits per heavy atom. The fourth-order valence-corrected chi connectivity index (χ4v) is 3.76. The third-order valence-electron chi connectivity index (χ3n) is 5.31. The molecule has 1 N–H and O–H groups in total. The van der Waals surface area contributed by atoms with Crippen molar-refractivity contribution in [3.05, 3.63) is 78.2 Å². The van der Waals surface area contributed by atoms with E-state index in [0.29, 0.717) is 23.8 Å². The van der Waals surface area contributed by atoms with Crippen LogP contribution < -0.4 is 14.8 Å². The molecule has 0 aliphatic rings. The number of para-hydroxylation sites is 1. The molecule has 33 heavy (non-hydrogen) atoms. The van der Waals surface area contributed by atoms with Gasteiger partial charge in [-0.15, -0.1) is 0 Å². The molecule has 4 aromatic rings. The van der Waals surface area contributed by atoms with Crippen molar-refractivity contribution in [2.45, 2.75) is 20.8 Å². The van der Waals surface area contributed by atoms with E-state index in [0.717, 1.165) is 39.0 Å². The molecule has 1 amide bonds. The SMILES string of the molecule is CCOc1cc2occ(-c3ccccc3OC)c2cc1/C(C)=C/C(=O)Nc1cc(C)ccn1. The molecule has 4 rings (SSSR count). The predicted octanol–water partition coefficient (Wildman–Crippen LogP) is 6.25. The summed E-state index contributed by atoms with van der Waals surface area (Å²) in [5, 5.41) is 3.73. The summed E-state index contributed by atoms with van der Waals surface area (Å²) in [5.41, 5.74) is 5.14. The Morgan fingerprint density at radius 1 is 1.12 bits per heavy atom. The minimum Gasteiger partial charge on any atom is -0.496 e. The quantitative estimate of drug-likeness (QED) is 0.342. The van der Waals surface area contributed by atoms with E-state index in [1.54, 1.807) is 25.6 Å². The normalized spacial score (nSPS) is 11.5. The van der Waals surface area contributed by atoms with Gasteiger partial charge in [-0.2, -0.15) is 0 Å². The maximum Gasteiger partial charge on any atom is 0.249 e. The van der Waals surface area contributed by atoms with Gasteiger partial charge >= 0.3 is 0 Å². The van der Waals surface area contributed by atoms with E-state index in [1.807, 2.05) is 69.3 Å². The van der Waals surface area contributed by atoms with Gasteiger partial charge in [-0.1, -0.05) is 18.2 Å². The third-order valence-corrected chi connectivity index (χ3v) is 5.31. The number of carbonyl (C=O) groups excluding carboxylic acids is 1. The average Bonchev–Trinajstić information content (AvgIpc) is 3.21. The van der Waals surface area contributed by atoms with Crippen LogP contribution in [0.5, 0.6) is 11.5 Å². The first kappa shape index (κ1) is 22.1. The molecule has 2 heterocycles. The highest BCUT2D eigenvalue weighted by Gasteiger charge is 2.17. The first-order chi connectivity index (χ1) is 16.0.